The topological polar surface area (TPSA) is 54.0 Å². The third-order valence-electron chi connectivity index (χ3n) is 3.27. The van der Waals surface area contributed by atoms with E-state index in [1.807, 2.05) is 0 Å². The SMILES string of the molecule is Cl.O=C(Nc1nc2c(F)cc(F)cc2s1)C1CCCCN1. The molecule has 0 spiro atoms. The molecule has 8 heteroatoms. The second-order valence-electron chi connectivity index (χ2n) is 4.75. The fraction of sp³-hybridized carbons (Fsp3) is 0.385. The zero-order valence-electron chi connectivity index (χ0n) is 11.0. The number of anilines is 1. The van der Waals surface area contributed by atoms with Crippen molar-refractivity contribution in [1.29, 1.82) is 0 Å². The van der Waals surface area contributed by atoms with Crippen molar-refractivity contribution < 1.29 is 13.6 Å². The van der Waals surface area contributed by atoms with Crippen LogP contribution in [0.1, 0.15) is 19.3 Å². The van der Waals surface area contributed by atoms with Gasteiger partial charge in [-0.15, -0.1) is 12.4 Å². The molecule has 0 bridgehead atoms. The van der Waals surface area contributed by atoms with Crippen LogP contribution >= 0.6 is 23.7 Å². The van der Waals surface area contributed by atoms with Gasteiger partial charge < -0.3 is 10.6 Å². The molecule has 2 N–H and O–H groups in total. The van der Waals surface area contributed by atoms with Crippen LogP contribution in [0.15, 0.2) is 12.1 Å². The monoisotopic (exact) mass is 333 g/mol. The van der Waals surface area contributed by atoms with Crippen LogP contribution in [0.3, 0.4) is 0 Å². The Morgan fingerprint density at radius 2 is 2.19 bits per heavy atom. The van der Waals surface area contributed by atoms with Gasteiger partial charge in [-0.2, -0.15) is 0 Å². The van der Waals surface area contributed by atoms with E-state index in [2.05, 4.69) is 15.6 Å². The van der Waals surface area contributed by atoms with E-state index in [1.54, 1.807) is 0 Å². The number of nitrogens with zero attached hydrogens (tertiary/aromatic N) is 1. The van der Waals surface area contributed by atoms with Crippen LogP contribution < -0.4 is 10.6 Å². The average molecular weight is 334 g/mol. The molecule has 1 aliphatic rings. The van der Waals surface area contributed by atoms with E-state index in [4.69, 9.17) is 0 Å². The normalized spacial score (nSPS) is 18.3. The van der Waals surface area contributed by atoms with Gasteiger partial charge in [0.05, 0.1) is 10.7 Å². The van der Waals surface area contributed by atoms with Gasteiger partial charge in [0.15, 0.2) is 10.9 Å². The van der Waals surface area contributed by atoms with E-state index < -0.39 is 11.6 Å². The zero-order valence-corrected chi connectivity index (χ0v) is 12.6. The number of benzene rings is 1. The molecule has 21 heavy (non-hydrogen) atoms. The average Bonchev–Trinajstić information content (AvgIpc) is 2.82. The Morgan fingerprint density at radius 3 is 2.90 bits per heavy atom. The molecular formula is C13H14ClF2N3OS. The summed E-state index contributed by atoms with van der Waals surface area (Å²) < 4.78 is 27.0. The number of carbonyl (C=O) groups excluding carboxylic acids is 1. The van der Waals surface area contributed by atoms with Gasteiger partial charge in [-0.1, -0.05) is 17.8 Å². The lowest BCUT2D eigenvalue weighted by Crippen LogP contribution is -2.43. The van der Waals surface area contributed by atoms with Crippen molar-refractivity contribution in [2.75, 3.05) is 11.9 Å². The molecule has 1 amide bonds. The van der Waals surface area contributed by atoms with E-state index in [0.717, 1.165) is 43.2 Å². The smallest absolute Gasteiger partial charge is 0.243 e. The number of halogens is 3. The van der Waals surface area contributed by atoms with Crippen molar-refractivity contribution in [3.63, 3.8) is 0 Å². The largest absolute Gasteiger partial charge is 0.306 e. The third kappa shape index (κ3) is 3.48. The van der Waals surface area contributed by atoms with Crippen molar-refractivity contribution in [3.05, 3.63) is 23.8 Å². The summed E-state index contributed by atoms with van der Waals surface area (Å²) in [6.07, 6.45) is 2.85. The summed E-state index contributed by atoms with van der Waals surface area (Å²) in [6, 6.07) is 1.76. The maximum absolute atomic E-state index is 13.5. The maximum Gasteiger partial charge on any atom is 0.243 e. The number of piperidine rings is 1. The summed E-state index contributed by atoms with van der Waals surface area (Å²) >= 11 is 1.07. The Morgan fingerprint density at radius 1 is 1.38 bits per heavy atom. The van der Waals surface area contributed by atoms with Crippen LogP contribution in [0, 0.1) is 11.6 Å². The molecule has 1 aliphatic heterocycles. The highest BCUT2D eigenvalue weighted by atomic mass is 35.5. The van der Waals surface area contributed by atoms with Crippen LogP contribution in [0.25, 0.3) is 10.2 Å². The fourth-order valence-electron chi connectivity index (χ4n) is 2.28. The minimum Gasteiger partial charge on any atom is -0.306 e. The standard InChI is InChI=1S/C13H13F2N3OS.ClH/c14-7-5-8(15)11-10(6-7)20-13(17-11)18-12(19)9-3-1-2-4-16-9;/h5-6,9,16H,1-4H2,(H,17,18,19);1H. The van der Waals surface area contributed by atoms with E-state index in [9.17, 15) is 13.6 Å². The summed E-state index contributed by atoms with van der Waals surface area (Å²) in [6.45, 7) is 0.817. The molecule has 1 aromatic carbocycles. The van der Waals surface area contributed by atoms with Crippen molar-refractivity contribution in [3.8, 4) is 0 Å². The molecule has 1 saturated heterocycles. The summed E-state index contributed by atoms with van der Waals surface area (Å²) in [5.74, 6) is -1.54. The van der Waals surface area contributed by atoms with Gasteiger partial charge in [0.2, 0.25) is 5.91 Å². The van der Waals surface area contributed by atoms with Crippen LogP contribution in [0.2, 0.25) is 0 Å². The molecule has 1 unspecified atom stereocenters. The van der Waals surface area contributed by atoms with Crippen molar-refractivity contribution in [2.24, 2.45) is 0 Å². The predicted molar refractivity (Wildman–Crippen MR) is 81.1 cm³/mol. The van der Waals surface area contributed by atoms with E-state index >= 15 is 0 Å². The molecule has 4 nitrogen and oxygen atoms in total. The highest BCUT2D eigenvalue weighted by molar-refractivity contribution is 7.22. The molecule has 1 atom stereocenters. The second-order valence-corrected chi connectivity index (χ2v) is 5.78. The molecular weight excluding hydrogens is 320 g/mol. The molecule has 3 rings (SSSR count). The van der Waals surface area contributed by atoms with E-state index in [-0.39, 0.29) is 29.9 Å². The first-order valence-corrected chi connectivity index (χ1v) is 7.25. The van der Waals surface area contributed by atoms with Gasteiger partial charge in [-0.25, -0.2) is 13.8 Å². The second kappa shape index (κ2) is 6.64. The number of thiazole rings is 1. The molecule has 0 saturated carbocycles. The summed E-state index contributed by atoms with van der Waals surface area (Å²) in [5.41, 5.74) is 0.0864. The van der Waals surface area contributed by atoms with Gasteiger partial charge in [0.1, 0.15) is 11.3 Å². The fourth-order valence-corrected chi connectivity index (χ4v) is 3.19. The number of carbonyl (C=O) groups is 1. The number of aromatic nitrogens is 1. The highest BCUT2D eigenvalue weighted by Crippen LogP contribution is 2.28. The molecule has 1 aromatic heterocycles. The molecule has 114 valence electrons. The van der Waals surface area contributed by atoms with Gasteiger partial charge in [-0.3, -0.25) is 4.79 Å². The number of hydrogen-bond acceptors (Lipinski definition) is 4. The summed E-state index contributed by atoms with van der Waals surface area (Å²) in [7, 11) is 0. The quantitative estimate of drug-likeness (QED) is 0.888. The van der Waals surface area contributed by atoms with Gasteiger partial charge in [0.25, 0.3) is 0 Å². The van der Waals surface area contributed by atoms with Crippen LogP contribution in [-0.4, -0.2) is 23.5 Å². The third-order valence-corrected chi connectivity index (χ3v) is 4.19. The molecule has 2 heterocycles. The lowest BCUT2D eigenvalue weighted by Gasteiger charge is -2.21. The molecule has 2 aromatic rings. The van der Waals surface area contributed by atoms with Crippen LogP contribution in [-0.2, 0) is 4.79 Å². The lowest BCUT2D eigenvalue weighted by atomic mass is 10.0. The Bertz CT molecular complexity index is 658. The minimum atomic E-state index is -0.715. The lowest BCUT2D eigenvalue weighted by molar-refractivity contribution is -0.118. The number of nitrogens with one attached hydrogen (secondary N) is 2. The van der Waals surface area contributed by atoms with E-state index in [1.165, 1.54) is 6.07 Å². The first-order valence-electron chi connectivity index (χ1n) is 6.43. The Labute approximate surface area is 130 Å². The van der Waals surface area contributed by atoms with E-state index in [0.29, 0.717) is 9.83 Å². The minimum absolute atomic E-state index is 0. The summed E-state index contributed by atoms with van der Waals surface area (Å²) in [4.78, 5) is 16.0. The van der Waals surface area contributed by atoms with Crippen molar-refractivity contribution in [2.45, 2.75) is 25.3 Å². The number of rotatable bonds is 2. The number of fused-ring (bicyclic) bond motifs is 1. The number of amides is 1. The van der Waals surface area contributed by atoms with Crippen molar-refractivity contribution >= 4 is 45.0 Å². The zero-order chi connectivity index (χ0) is 14.1. The highest BCUT2D eigenvalue weighted by Gasteiger charge is 2.21. The maximum atomic E-state index is 13.5. The van der Waals surface area contributed by atoms with Gasteiger partial charge in [-0.05, 0) is 25.5 Å². The molecule has 0 aliphatic carbocycles. The predicted octanol–water partition coefficient (Wildman–Crippen LogP) is 3.08. The van der Waals surface area contributed by atoms with Crippen LogP contribution in [0.5, 0.6) is 0 Å². The molecule has 0 radical (unpaired) electrons. The van der Waals surface area contributed by atoms with Gasteiger partial charge >= 0.3 is 0 Å². The summed E-state index contributed by atoms with van der Waals surface area (Å²) in [5, 5.41) is 6.08. The Balaban J connectivity index is 0.00000161. The first kappa shape index (κ1) is 16.1. The number of hydrogen-bond donors (Lipinski definition) is 2. The van der Waals surface area contributed by atoms with Crippen LogP contribution in [0.4, 0.5) is 13.9 Å². The molecule has 1 fully saturated rings. The Kier molecular flexibility index (Phi) is 5.08. The van der Waals surface area contributed by atoms with Crippen molar-refractivity contribution in [1.82, 2.24) is 10.3 Å². The van der Waals surface area contributed by atoms with Gasteiger partial charge in [0, 0.05) is 6.07 Å². The Hall–Kier alpha value is -1.31. The first-order chi connectivity index (χ1) is 9.63.